The summed E-state index contributed by atoms with van der Waals surface area (Å²) < 4.78 is 40.5. The lowest BCUT2D eigenvalue weighted by Crippen LogP contribution is -2.38. The van der Waals surface area contributed by atoms with Crippen LogP contribution in [0.25, 0.3) is 0 Å². The highest BCUT2D eigenvalue weighted by Gasteiger charge is 2.52. The first-order chi connectivity index (χ1) is 15.4. The molecule has 3 aromatic rings. The van der Waals surface area contributed by atoms with E-state index in [0.717, 1.165) is 11.1 Å². The van der Waals surface area contributed by atoms with Crippen LogP contribution >= 0.6 is 0 Å². The highest BCUT2D eigenvalue weighted by molar-refractivity contribution is 7.89. The number of amides is 1. The highest BCUT2D eigenvalue weighted by Crippen LogP contribution is 2.44. The van der Waals surface area contributed by atoms with Gasteiger partial charge in [-0.1, -0.05) is 48.0 Å². The topological polar surface area (TPSA) is 88.8 Å². The summed E-state index contributed by atoms with van der Waals surface area (Å²) >= 11 is 0. The molecule has 2 aliphatic rings. The van der Waals surface area contributed by atoms with Crippen LogP contribution in [-0.2, 0) is 19.6 Å². The minimum atomic E-state index is -3.86. The normalized spacial score (nSPS) is 24.0. The Morgan fingerprint density at radius 2 is 1.78 bits per heavy atom. The molecule has 2 saturated heterocycles. The van der Waals surface area contributed by atoms with Crippen molar-refractivity contribution >= 4 is 15.9 Å². The number of benzene rings is 2. The molecule has 4 atom stereocenters. The van der Waals surface area contributed by atoms with Crippen LogP contribution in [-0.4, -0.2) is 31.9 Å². The molecular weight excluding hydrogens is 428 g/mol. The second kappa shape index (κ2) is 8.20. The molecule has 3 heterocycles. The molecule has 32 heavy (non-hydrogen) atoms. The maximum Gasteiger partial charge on any atom is 0.241 e. The van der Waals surface area contributed by atoms with Crippen LogP contribution in [0.1, 0.15) is 35.6 Å². The average molecular weight is 453 g/mol. The Balaban J connectivity index is 1.45. The number of ether oxygens (including phenoxy) is 1. The quantitative estimate of drug-likeness (QED) is 0.618. The van der Waals surface area contributed by atoms with Gasteiger partial charge >= 0.3 is 0 Å². The first-order valence-corrected chi connectivity index (χ1v) is 12.0. The standard InChI is InChI=1S/C24H24N2O5S/c1-16-9-11-19(12-10-16)32(28,29)25-22(21-8-5-13-30-21)20-14-18-15-31-24(26(18)23(20)27)17-6-3-2-4-7-17/h2-13,18,20,22,24-25H,14-15H2,1H3/t18-,20+,22-,24+/m0/s1. The third kappa shape index (κ3) is 3.74. The summed E-state index contributed by atoms with van der Waals surface area (Å²) in [5, 5.41) is 0. The van der Waals surface area contributed by atoms with Crippen LogP contribution in [0, 0.1) is 12.8 Å². The lowest BCUT2D eigenvalue weighted by Gasteiger charge is -2.25. The van der Waals surface area contributed by atoms with E-state index < -0.39 is 28.2 Å². The van der Waals surface area contributed by atoms with Crippen molar-refractivity contribution in [1.82, 2.24) is 9.62 Å². The van der Waals surface area contributed by atoms with Gasteiger partial charge < -0.3 is 14.1 Å². The third-order valence-electron chi connectivity index (χ3n) is 6.14. The number of nitrogens with zero attached hydrogens (tertiary/aromatic N) is 1. The molecule has 0 radical (unpaired) electrons. The number of furan rings is 1. The number of sulfonamides is 1. The Hall–Kier alpha value is -2.94. The van der Waals surface area contributed by atoms with Crippen molar-refractivity contribution in [2.24, 2.45) is 5.92 Å². The molecule has 2 fully saturated rings. The molecular formula is C24H24N2O5S. The largest absolute Gasteiger partial charge is 0.468 e. The Bertz CT molecular complexity index is 1190. The van der Waals surface area contributed by atoms with Crippen molar-refractivity contribution < 1.29 is 22.4 Å². The van der Waals surface area contributed by atoms with Crippen molar-refractivity contribution in [2.45, 2.75) is 36.6 Å². The lowest BCUT2D eigenvalue weighted by molar-refractivity contribution is -0.138. The molecule has 2 aliphatic heterocycles. The van der Waals surface area contributed by atoms with Gasteiger partial charge in [0.15, 0.2) is 6.23 Å². The van der Waals surface area contributed by atoms with E-state index in [-0.39, 0.29) is 16.8 Å². The van der Waals surface area contributed by atoms with Gasteiger partial charge in [0.05, 0.1) is 35.8 Å². The van der Waals surface area contributed by atoms with E-state index in [0.29, 0.717) is 18.8 Å². The van der Waals surface area contributed by atoms with Gasteiger partial charge in [-0.3, -0.25) is 4.79 Å². The van der Waals surface area contributed by atoms with Crippen LogP contribution < -0.4 is 4.72 Å². The molecule has 1 amide bonds. The Kier molecular flexibility index (Phi) is 5.36. The van der Waals surface area contributed by atoms with Gasteiger partial charge in [-0.15, -0.1) is 0 Å². The summed E-state index contributed by atoms with van der Waals surface area (Å²) in [6.45, 7) is 2.31. The van der Waals surface area contributed by atoms with E-state index >= 15 is 0 Å². The number of hydrogen-bond donors (Lipinski definition) is 1. The first kappa shape index (κ1) is 20.9. The fourth-order valence-corrected chi connectivity index (χ4v) is 5.77. The van der Waals surface area contributed by atoms with E-state index in [1.54, 1.807) is 41.3 Å². The number of nitrogens with one attached hydrogen (secondary N) is 1. The van der Waals surface area contributed by atoms with Gasteiger partial charge in [0.2, 0.25) is 15.9 Å². The zero-order valence-electron chi connectivity index (χ0n) is 17.5. The molecule has 0 unspecified atom stereocenters. The molecule has 0 saturated carbocycles. The van der Waals surface area contributed by atoms with E-state index in [1.807, 2.05) is 37.3 Å². The molecule has 1 N–H and O–H groups in total. The number of carbonyl (C=O) groups excluding carboxylic acids is 1. The summed E-state index contributed by atoms with van der Waals surface area (Å²) in [7, 11) is -3.86. The van der Waals surface area contributed by atoms with Crippen LogP contribution in [0.15, 0.2) is 82.3 Å². The summed E-state index contributed by atoms with van der Waals surface area (Å²) in [5.74, 6) is -0.326. The average Bonchev–Trinajstić information content (AvgIpc) is 3.52. The molecule has 7 nitrogen and oxygen atoms in total. The molecule has 166 valence electrons. The summed E-state index contributed by atoms with van der Waals surface area (Å²) in [5.41, 5.74) is 1.86. The maximum atomic E-state index is 13.5. The predicted octanol–water partition coefficient (Wildman–Crippen LogP) is 3.55. The van der Waals surface area contributed by atoms with Crippen molar-refractivity contribution in [1.29, 1.82) is 0 Å². The van der Waals surface area contributed by atoms with Gasteiger partial charge in [0.1, 0.15) is 5.76 Å². The van der Waals surface area contributed by atoms with Crippen molar-refractivity contribution in [2.75, 3.05) is 6.61 Å². The summed E-state index contributed by atoms with van der Waals surface area (Å²) in [4.78, 5) is 15.4. The van der Waals surface area contributed by atoms with Crippen LogP contribution in [0.3, 0.4) is 0 Å². The van der Waals surface area contributed by atoms with Gasteiger partial charge in [-0.05, 0) is 37.6 Å². The van der Waals surface area contributed by atoms with Crippen LogP contribution in [0.2, 0.25) is 0 Å². The molecule has 0 aliphatic carbocycles. The molecule has 2 aromatic carbocycles. The number of hydrogen-bond acceptors (Lipinski definition) is 5. The number of rotatable bonds is 6. The SMILES string of the molecule is Cc1ccc(S(=O)(=O)N[C@H](c2ccco2)[C@H]2C[C@H]3CO[C@H](c4ccccc4)N3C2=O)cc1. The molecule has 0 spiro atoms. The number of aryl methyl sites for hydroxylation is 1. The van der Waals surface area contributed by atoms with Crippen molar-refractivity contribution in [3.63, 3.8) is 0 Å². The van der Waals surface area contributed by atoms with Crippen LogP contribution in [0.4, 0.5) is 0 Å². The second-order valence-corrected chi connectivity index (χ2v) is 9.98. The Morgan fingerprint density at radius 3 is 2.47 bits per heavy atom. The smallest absolute Gasteiger partial charge is 0.241 e. The number of carbonyl (C=O) groups is 1. The van der Waals surface area contributed by atoms with E-state index in [9.17, 15) is 13.2 Å². The second-order valence-electron chi connectivity index (χ2n) is 8.27. The third-order valence-corrected chi connectivity index (χ3v) is 7.60. The van der Waals surface area contributed by atoms with Gasteiger partial charge in [-0.2, -0.15) is 4.72 Å². The van der Waals surface area contributed by atoms with Gasteiger partial charge in [-0.25, -0.2) is 8.42 Å². The maximum absolute atomic E-state index is 13.5. The highest BCUT2D eigenvalue weighted by atomic mass is 32.2. The van der Waals surface area contributed by atoms with E-state index in [1.165, 1.54) is 6.26 Å². The summed E-state index contributed by atoms with van der Waals surface area (Å²) in [6, 6.07) is 18.7. The molecule has 0 bridgehead atoms. The minimum Gasteiger partial charge on any atom is -0.468 e. The Labute approximate surface area is 187 Å². The minimum absolute atomic E-state index is 0.112. The van der Waals surface area contributed by atoms with Gasteiger partial charge in [0, 0.05) is 5.56 Å². The summed E-state index contributed by atoms with van der Waals surface area (Å²) in [6.07, 6.45) is 1.49. The van der Waals surface area contributed by atoms with E-state index in [2.05, 4.69) is 4.72 Å². The van der Waals surface area contributed by atoms with Gasteiger partial charge in [0.25, 0.3) is 0 Å². The zero-order valence-corrected chi connectivity index (χ0v) is 18.4. The number of fused-ring (bicyclic) bond motifs is 1. The fraction of sp³-hybridized carbons (Fsp3) is 0.292. The van der Waals surface area contributed by atoms with Crippen molar-refractivity contribution in [3.05, 3.63) is 89.9 Å². The first-order valence-electron chi connectivity index (χ1n) is 10.6. The zero-order chi connectivity index (χ0) is 22.3. The molecule has 1 aromatic heterocycles. The van der Waals surface area contributed by atoms with E-state index in [4.69, 9.17) is 9.15 Å². The predicted molar refractivity (Wildman–Crippen MR) is 117 cm³/mol. The lowest BCUT2D eigenvalue weighted by atomic mass is 9.95. The van der Waals surface area contributed by atoms with Crippen molar-refractivity contribution in [3.8, 4) is 0 Å². The fourth-order valence-electron chi connectivity index (χ4n) is 4.53. The Morgan fingerprint density at radius 1 is 1.03 bits per heavy atom. The molecule has 5 rings (SSSR count). The van der Waals surface area contributed by atoms with Crippen LogP contribution in [0.5, 0.6) is 0 Å². The monoisotopic (exact) mass is 452 g/mol. The molecule has 8 heteroatoms.